The molecular weight excluding hydrogens is 300 g/mol. The van der Waals surface area contributed by atoms with Crippen molar-refractivity contribution in [3.63, 3.8) is 0 Å². The van der Waals surface area contributed by atoms with Gasteiger partial charge in [-0.15, -0.1) is 11.3 Å². The van der Waals surface area contributed by atoms with E-state index in [1.807, 2.05) is 20.8 Å². The van der Waals surface area contributed by atoms with E-state index >= 15 is 0 Å². The molecule has 0 radical (unpaired) electrons. The van der Waals surface area contributed by atoms with E-state index in [9.17, 15) is 4.79 Å². The van der Waals surface area contributed by atoms with Gasteiger partial charge in [0.05, 0.1) is 17.3 Å². The Morgan fingerprint density at radius 1 is 1.32 bits per heavy atom. The number of rotatable bonds is 2. The first-order valence-electron chi connectivity index (χ1n) is 6.73. The number of primary amides is 1. The summed E-state index contributed by atoms with van der Waals surface area (Å²) in [5.74, 6) is 0.672. The van der Waals surface area contributed by atoms with Crippen molar-refractivity contribution in [2.24, 2.45) is 5.73 Å². The normalized spacial score (nSPS) is 12.0. The van der Waals surface area contributed by atoms with E-state index in [0.29, 0.717) is 38.1 Å². The molecule has 0 bridgehead atoms. The standard InChI is InChI=1S/C15H16N4O2S/c1-15(2,3)14-18-10(7-5-4-6-21-7)8-9(16)11(12(17)20)22-13(8)19-14/h4-6H,16H2,1-3H3,(H2,17,20). The quantitative estimate of drug-likeness (QED) is 0.755. The summed E-state index contributed by atoms with van der Waals surface area (Å²) in [5.41, 5.74) is 12.1. The highest BCUT2D eigenvalue weighted by atomic mass is 32.1. The third kappa shape index (κ3) is 2.23. The SMILES string of the molecule is CC(C)(C)c1nc(-c2ccco2)c2c(N)c(C(N)=O)sc2n1. The van der Waals surface area contributed by atoms with Crippen molar-refractivity contribution in [2.75, 3.05) is 5.73 Å². The molecule has 3 aromatic heterocycles. The molecular formula is C15H16N4O2S. The fourth-order valence-corrected chi connectivity index (χ4v) is 3.08. The van der Waals surface area contributed by atoms with Gasteiger partial charge in [-0.3, -0.25) is 4.79 Å². The van der Waals surface area contributed by atoms with Crippen LogP contribution in [0.4, 0.5) is 5.69 Å². The van der Waals surface area contributed by atoms with Crippen LogP contribution in [0.15, 0.2) is 22.8 Å². The van der Waals surface area contributed by atoms with Crippen LogP contribution < -0.4 is 11.5 Å². The van der Waals surface area contributed by atoms with Gasteiger partial charge in [0.1, 0.15) is 21.2 Å². The molecule has 3 heterocycles. The Kier molecular flexibility index (Phi) is 3.17. The zero-order valence-electron chi connectivity index (χ0n) is 12.5. The molecule has 6 nitrogen and oxygen atoms in total. The molecule has 114 valence electrons. The summed E-state index contributed by atoms with van der Waals surface area (Å²) in [6, 6.07) is 3.58. The van der Waals surface area contributed by atoms with E-state index in [-0.39, 0.29) is 5.41 Å². The van der Waals surface area contributed by atoms with Gasteiger partial charge in [-0.25, -0.2) is 9.97 Å². The summed E-state index contributed by atoms with van der Waals surface area (Å²) < 4.78 is 5.46. The topological polar surface area (TPSA) is 108 Å². The maximum Gasteiger partial charge on any atom is 0.260 e. The summed E-state index contributed by atoms with van der Waals surface area (Å²) in [6.07, 6.45) is 1.57. The van der Waals surface area contributed by atoms with Gasteiger partial charge in [-0.1, -0.05) is 20.8 Å². The molecule has 0 spiro atoms. The van der Waals surface area contributed by atoms with Crippen LogP contribution in [0.5, 0.6) is 0 Å². The minimum atomic E-state index is -0.566. The molecule has 3 rings (SSSR count). The number of amides is 1. The van der Waals surface area contributed by atoms with Crippen LogP contribution in [-0.2, 0) is 5.41 Å². The molecule has 0 aliphatic heterocycles. The highest BCUT2D eigenvalue weighted by Crippen LogP contribution is 2.39. The molecule has 0 saturated heterocycles. The van der Waals surface area contributed by atoms with E-state index in [2.05, 4.69) is 9.97 Å². The Balaban J connectivity index is 2.41. The zero-order valence-corrected chi connectivity index (χ0v) is 13.3. The molecule has 1 amide bonds. The average Bonchev–Trinajstić information content (AvgIpc) is 3.05. The molecule has 22 heavy (non-hydrogen) atoms. The van der Waals surface area contributed by atoms with Gasteiger partial charge in [-0.05, 0) is 12.1 Å². The Morgan fingerprint density at radius 2 is 2.05 bits per heavy atom. The number of thiophene rings is 1. The number of aromatic nitrogens is 2. The van der Waals surface area contributed by atoms with Gasteiger partial charge >= 0.3 is 0 Å². The molecule has 0 atom stereocenters. The summed E-state index contributed by atoms with van der Waals surface area (Å²) in [7, 11) is 0. The first-order valence-corrected chi connectivity index (χ1v) is 7.55. The maximum atomic E-state index is 11.6. The number of nitrogens with zero attached hydrogens (tertiary/aromatic N) is 2. The fourth-order valence-electron chi connectivity index (χ4n) is 2.13. The second kappa shape index (κ2) is 4.81. The summed E-state index contributed by atoms with van der Waals surface area (Å²) in [6.45, 7) is 6.06. The van der Waals surface area contributed by atoms with Crippen molar-refractivity contribution >= 4 is 33.1 Å². The van der Waals surface area contributed by atoms with Crippen LogP contribution in [0.3, 0.4) is 0 Å². The number of hydrogen-bond acceptors (Lipinski definition) is 6. The van der Waals surface area contributed by atoms with Crippen LogP contribution in [0.2, 0.25) is 0 Å². The second-order valence-electron chi connectivity index (χ2n) is 6.01. The summed E-state index contributed by atoms with van der Waals surface area (Å²) >= 11 is 1.18. The van der Waals surface area contributed by atoms with Crippen LogP contribution in [0.1, 0.15) is 36.3 Å². The largest absolute Gasteiger partial charge is 0.463 e. The van der Waals surface area contributed by atoms with E-state index < -0.39 is 5.91 Å². The Labute approximate surface area is 131 Å². The summed E-state index contributed by atoms with van der Waals surface area (Å²) in [4.78, 5) is 21.7. The minimum absolute atomic E-state index is 0.249. The highest BCUT2D eigenvalue weighted by Gasteiger charge is 2.25. The van der Waals surface area contributed by atoms with Crippen molar-refractivity contribution < 1.29 is 9.21 Å². The summed E-state index contributed by atoms with van der Waals surface area (Å²) in [5, 5.41) is 0.613. The molecule has 0 unspecified atom stereocenters. The van der Waals surface area contributed by atoms with Crippen molar-refractivity contribution in [3.05, 3.63) is 29.1 Å². The Morgan fingerprint density at radius 3 is 2.59 bits per heavy atom. The van der Waals surface area contributed by atoms with E-state index in [4.69, 9.17) is 15.9 Å². The number of anilines is 1. The zero-order chi connectivity index (χ0) is 16.1. The average molecular weight is 316 g/mol. The molecule has 0 aliphatic carbocycles. The molecule has 0 aromatic carbocycles. The predicted molar refractivity (Wildman–Crippen MR) is 86.7 cm³/mol. The number of carbonyl (C=O) groups excluding carboxylic acids is 1. The predicted octanol–water partition coefficient (Wildman–Crippen LogP) is 2.93. The number of carbonyl (C=O) groups is 1. The van der Waals surface area contributed by atoms with Crippen molar-refractivity contribution in [1.82, 2.24) is 9.97 Å². The lowest BCUT2D eigenvalue weighted by atomic mass is 9.95. The number of fused-ring (bicyclic) bond motifs is 1. The lowest BCUT2D eigenvalue weighted by molar-refractivity contribution is 0.100. The first kappa shape index (κ1) is 14.5. The van der Waals surface area contributed by atoms with Gasteiger partial charge in [0.2, 0.25) is 0 Å². The lowest BCUT2D eigenvalue weighted by Gasteiger charge is -2.17. The molecule has 7 heteroatoms. The second-order valence-corrected chi connectivity index (χ2v) is 7.01. The number of furan rings is 1. The molecule has 4 N–H and O–H groups in total. The van der Waals surface area contributed by atoms with Crippen LogP contribution >= 0.6 is 11.3 Å². The number of hydrogen-bond donors (Lipinski definition) is 2. The van der Waals surface area contributed by atoms with Crippen LogP contribution in [0, 0.1) is 0 Å². The minimum Gasteiger partial charge on any atom is -0.463 e. The highest BCUT2D eigenvalue weighted by molar-refractivity contribution is 7.21. The Bertz CT molecular complexity index is 860. The maximum absolute atomic E-state index is 11.6. The lowest BCUT2D eigenvalue weighted by Crippen LogP contribution is -2.16. The van der Waals surface area contributed by atoms with E-state index in [1.54, 1.807) is 18.4 Å². The third-order valence-electron chi connectivity index (χ3n) is 3.24. The third-order valence-corrected chi connectivity index (χ3v) is 4.35. The van der Waals surface area contributed by atoms with Gasteiger partial charge in [-0.2, -0.15) is 0 Å². The van der Waals surface area contributed by atoms with E-state index in [0.717, 1.165) is 0 Å². The van der Waals surface area contributed by atoms with Gasteiger partial charge in [0, 0.05) is 5.41 Å². The van der Waals surface area contributed by atoms with Crippen molar-refractivity contribution in [1.29, 1.82) is 0 Å². The van der Waals surface area contributed by atoms with Gasteiger partial charge in [0.15, 0.2) is 5.76 Å². The number of nitrogen functional groups attached to an aromatic ring is 1. The van der Waals surface area contributed by atoms with Crippen LogP contribution in [0.25, 0.3) is 21.7 Å². The number of nitrogens with two attached hydrogens (primary N) is 2. The molecule has 0 saturated carbocycles. The van der Waals surface area contributed by atoms with Crippen LogP contribution in [-0.4, -0.2) is 15.9 Å². The van der Waals surface area contributed by atoms with Crippen molar-refractivity contribution in [2.45, 2.75) is 26.2 Å². The van der Waals surface area contributed by atoms with Gasteiger partial charge < -0.3 is 15.9 Å². The molecule has 0 aliphatic rings. The van der Waals surface area contributed by atoms with E-state index in [1.165, 1.54) is 11.3 Å². The van der Waals surface area contributed by atoms with Crippen molar-refractivity contribution in [3.8, 4) is 11.5 Å². The molecule has 0 fully saturated rings. The van der Waals surface area contributed by atoms with Gasteiger partial charge in [0.25, 0.3) is 5.91 Å². The Hall–Kier alpha value is -2.41. The monoisotopic (exact) mass is 316 g/mol. The first-order chi connectivity index (χ1) is 10.3. The fraction of sp³-hybridized carbons (Fsp3) is 0.267. The molecule has 3 aromatic rings. The smallest absolute Gasteiger partial charge is 0.260 e.